The third kappa shape index (κ3) is 2.72. The van der Waals surface area contributed by atoms with Crippen molar-refractivity contribution < 1.29 is 0 Å². The monoisotopic (exact) mass is 281 g/mol. The van der Waals surface area contributed by atoms with Crippen LogP contribution in [0, 0.1) is 6.92 Å². The van der Waals surface area contributed by atoms with E-state index in [1.165, 1.54) is 49.7 Å². The molecular formula is C20H27N. The lowest BCUT2D eigenvalue weighted by Gasteiger charge is -2.35. The fourth-order valence-electron chi connectivity index (χ4n) is 3.94. The molecule has 1 nitrogen and oxygen atoms in total. The maximum absolute atomic E-state index is 2.71. The normalized spacial score (nSPS) is 17.6. The van der Waals surface area contributed by atoms with Crippen LogP contribution >= 0.6 is 0 Å². The molecule has 1 aliphatic carbocycles. The van der Waals surface area contributed by atoms with Crippen molar-refractivity contribution in [2.75, 3.05) is 13.1 Å². The molecule has 0 aliphatic heterocycles. The number of nitrogens with zero attached hydrogens (tertiary/aromatic N) is 1. The summed E-state index contributed by atoms with van der Waals surface area (Å²) in [4.78, 5) is 2.71. The molecule has 1 aliphatic rings. The van der Waals surface area contributed by atoms with Crippen LogP contribution in [-0.4, -0.2) is 24.0 Å². The molecule has 2 aromatic carbocycles. The van der Waals surface area contributed by atoms with Gasteiger partial charge in [-0.25, -0.2) is 0 Å². The topological polar surface area (TPSA) is 3.24 Å². The van der Waals surface area contributed by atoms with Crippen molar-refractivity contribution in [3.63, 3.8) is 0 Å². The van der Waals surface area contributed by atoms with Crippen molar-refractivity contribution in [3.05, 3.63) is 47.0 Å². The molecule has 0 saturated heterocycles. The Morgan fingerprint density at radius 1 is 0.952 bits per heavy atom. The van der Waals surface area contributed by atoms with Gasteiger partial charge in [0.1, 0.15) is 0 Å². The van der Waals surface area contributed by atoms with Gasteiger partial charge in [-0.1, -0.05) is 44.2 Å². The van der Waals surface area contributed by atoms with E-state index in [0.29, 0.717) is 6.04 Å². The van der Waals surface area contributed by atoms with Gasteiger partial charge in [0, 0.05) is 6.04 Å². The predicted molar refractivity (Wildman–Crippen MR) is 92.0 cm³/mol. The summed E-state index contributed by atoms with van der Waals surface area (Å²) in [6, 6.07) is 12.2. The second-order valence-corrected chi connectivity index (χ2v) is 6.48. The van der Waals surface area contributed by atoms with Crippen LogP contribution in [0.5, 0.6) is 0 Å². The predicted octanol–water partition coefficient (Wildman–Crippen LogP) is 4.74. The highest BCUT2D eigenvalue weighted by Crippen LogP contribution is 2.33. The Labute approximate surface area is 129 Å². The SMILES string of the molecule is CCCN(CCC)C1Cc2cccc3c(C)ccc(c23)C1. The lowest BCUT2D eigenvalue weighted by Crippen LogP contribution is -2.41. The van der Waals surface area contributed by atoms with E-state index >= 15 is 0 Å². The van der Waals surface area contributed by atoms with Crippen molar-refractivity contribution in [2.45, 2.75) is 52.5 Å². The Morgan fingerprint density at radius 2 is 1.62 bits per heavy atom. The van der Waals surface area contributed by atoms with Crippen molar-refractivity contribution >= 4 is 10.8 Å². The van der Waals surface area contributed by atoms with Crippen molar-refractivity contribution in [2.24, 2.45) is 0 Å². The van der Waals surface area contributed by atoms with Crippen LogP contribution in [0.1, 0.15) is 43.4 Å². The minimum absolute atomic E-state index is 0.686. The first-order valence-corrected chi connectivity index (χ1v) is 8.48. The summed E-state index contributed by atoms with van der Waals surface area (Å²) >= 11 is 0. The summed E-state index contributed by atoms with van der Waals surface area (Å²) < 4.78 is 0. The fraction of sp³-hybridized carbons (Fsp3) is 0.500. The molecule has 0 spiro atoms. The molecule has 0 saturated carbocycles. The van der Waals surface area contributed by atoms with Crippen LogP contribution in [0.3, 0.4) is 0 Å². The Kier molecular flexibility index (Phi) is 4.30. The smallest absolute Gasteiger partial charge is 0.0176 e. The quantitative estimate of drug-likeness (QED) is 0.765. The highest BCUT2D eigenvalue weighted by atomic mass is 15.1. The average molecular weight is 281 g/mol. The van der Waals surface area contributed by atoms with Crippen molar-refractivity contribution in [1.29, 1.82) is 0 Å². The highest BCUT2D eigenvalue weighted by Gasteiger charge is 2.25. The Morgan fingerprint density at radius 3 is 2.29 bits per heavy atom. The first-order valence-electron chi connectivity index (χ1n) is 8.48. The van der Waals surface area contributed by atoms with Gasteiger partial charge in [-0.05, 0) is 73.2 Å². The van der Waals surface area contributed by atoms with E-state index in [1.54, 1.807) is 16.5 Å². The van der Waals surface area contributed by atoms with E-state index in [-0.39, 0.29) is 0 Å². The van der Waals surface area contributed by atoms with E-state index in [4.69, 9.17) is 0 Å². The molecule has 1 heteroatoms. The van der Waals surface area contributed by atoms with Crippen LogP contribution < -0.4 is 0 Å². The van der Waals surface area contributed by atoms with Gasteiger partial charge >= 0.3 is 0 Å². The Balaban J connectivity index is 1.98. The molecule has 1 unspecified atom stereocenters. The van der Waals surface area contributed by atoms with E-state index in [9.17, 15) is 0 Å². The first-order chi connectivity index (χ1) is 10.2. The molecule has 0 N–H and O–H groups in total. The van der Waals surface area contributed by atoms with Crippen LogP contribution in [0.25, 0.3) is 10.8 Å². The molecule has 0 radical (unpaired) electrons. The van der Waals surface area contributed by atoms with E-state index in [2.05, 4.69) is 56.0 Å². The van der Waals surface area contributed by atoms with E-state index in [1.807, 2.05) is 0 Å². The maximum Gasteiger partial charge on any atom is 0.0176 e. The summed E-state index contributed by atoms with van der Waals surface area (Å²) in [6.07, 6.45) is 4.94. The number of hydrogen-bond acceptors (Lipinski definition) is 1. The first kappa shape index (κ1) is 14.6. The molecule has 3 rings (SSSR count). The number of aryl methyl sites for hydroxylation is 1. The van der Waals surface area contributed by atoms with Crippen LogP contribution in [0.2, 0.25) is 0 Å². The van der Waals surface area contributed by atoms with Gasteiger partial charge in [-0.2, -0.15) is 0 Å². The zero-order chi connectivity index (χ0) is 14.8. The minimum Gasteiger partial charge on any atom is -0.300 e. The second kappa shape index (κ2) is 6.19. The molecule has 0 bridgehead atoms. The molecular weight excluding hydrogens is 254 g/mol. The summed E-state index contributed by atoms with van der Waals surface area (Å²) in [5.41, 5.74) is 4.52. The van der Waals surface area contributed by atoms with E-state index in [0.717, 1.165) is 0 Å². The Bertz CT molecular complexity index is 611. The van der Waals surface area contributed by atoms with E-state index < -0.39 is 0 Å². The van der Waals surface area contributed by atoms with Crippen molar-refractivity contribution in [3.8, 4) is 0 Å². The fourth-order valence-corrected chi connectivity index (χ4v) is 3.94. The number of hydrogen-bond donors (Lipinski definition) is 0. The van der Waals surface area contributed by atoms with Crippen LogP contribution in [-0.2, 0) is 12.8 Å². The second-order valence-electron chi connectivity index (χ2n) is 6.48. The van der Waals surface area contributed by atoms with Crippen LogP contribution in [0.4, 0.5) is 0 Å². The zero-order valence-electron chi connectivity index (χ0n) is 13.7. The maximum atomic E-state index is 2.71. The molecule has 0 amide bonds. The summed E-state index contributed by atoms with van der Waals surface area (Å²) in [6.45, 7) is 9.29. The van der Waals surface area contributed by atoms with Crippen molar-refractivity contribution in [1.82, 2.24) is 4.90 Å². The summed E-state index contributed by atoms with van der Waals surface area (Å²) in [5.74, 6) is 0. The minimum atomic E-state index is 0.686. The third-order valence-electron chi connectivity index (χ3n) is 4.88. The summed E-state index contributed by atoms with van der Waals surface area (Å²) in [7, 11) is 0. The third-order valence-corrected chi connectivity index (χ3v) is 4.88. The van der Waals surface area contributed by atoms with Gasteiger partial charge in [0.25, 0.3) is 0 Å². The molecule has 0 heterocycles. The molecule has 0 fully saturated rings. The Hall–Kier alpha value is -1.34. The lowest BCUT2D eigenvalue weighted by molar-refractivity contribution is 0.192. The van der Waals surface area contributed by atoms with Gasteiger partial charge in [0.05, 0.1) is 0 Å². The van der Waals surface area contributed by atoms with Gasteiger partial charge in [0.15, 0.2) is 0 Å². The average Bonchev–Trinajstić information content (AvgIpc) is 2.50. The zero-order valence-corrected chi connectivity index (χ0v) is 13.7. The number of benzene rings is 2. The lowest BCUT2D eigenvalue weighted by atomic mass is 9.83. The largest absolute Gasteiger partial charge is 0.300 e. The van der Waals surface area contributed by atoms with Gasteiger partial charge in [-0.15, -0.1) is 0 Å². The van der Waals surface area contributed by atoms with Crippen LogP contribution in [0.15, 0.2) is 30.3 Å². The number of rotatable bonds is 5. The van der Waals surface area contributed by atoms with Gasteiger partial charge in [-0.3, -0.25) is 4.90 Å². The van der Waals surface area contributed by atoms with Gasteiger partial charge in [0.2, 0.25) is 0 Å². The molecule has 0 aromatic heterocycles. The van der Waals surface area contributed by atoms with Gasteiger partial charge < -0.3 is 0 Å². The molecule has 1 atom stereocenters. The molecule has 2 aromatic rings. The summed E-state index contributed by atoms with van der Waals surface area (Å²) in [5, 5.41) is 3.00. The highest BCUT2D eigenvalue weighted by molar-refractivity contribution is 5.92. The molecule has 21 heavy (non-hydrogen) atoms. The standard InChI is InChI=1S/C20H27N/c1-4-11-21(12-5-2)18-13-16-7-6-8-19-15(3)9-10-17(14-18)20(16)19/h6-10,18H,4-5,11-14H2,1-3H3. The molecule has 112 valence electrons.